The van der Waals surface area contributed by atoms with E-state index in [1.807, 2.05) is 0 Å². The van der Waals surface area contributed by atoms with Crippen LogP contribution in [0.15, 0.2) is 0 Å². The monoisotopic (exact) mass is 172 g/mol. The summed E-state index contributed by atoms with van der Waals surface area (Å²) in [5, 5.41) is 0. The zero-order chi connectivity index (χ0) is 8.74. The second-order valence-corrected chi connectivity index (χ2v) is 4.22. The Hall–Kier alpha value is -1.07. The van der Waals surface area contributed by atoms with Gasteiger partial charge >= 0.3 is 0 Å². The minimum atomic E-state index is -3.13. The van der Waals surface area contributed by atoms with E-state index in [9.17, 15) is 8.42 Å². The number of hydrogen-bond acceptors (Lipinski definition) is 2. The van der Waals surface area contributed by atoms with E-state index in [1.54, 1.807) is 0 Å². The van der Waals surface area contributed by atoms with Crippen LogP contribution in [0.2, 0.25) is 0 Å². The zero-order valence-electron chi connectivity index (χ0n) is 5.95. The van der Waals surface area contributed by atoms with E-state index in [1.165, 1.54) is 0 Å². The molecule has 0 rings (SSSR count). The van der Waals surface area contributed by atoms with Crippen LogP contribution in [0, 0.1) is 13.1 Å². The van der Waals surface area contributed by atoms with E-state index in [2.05, 4.69) is 9.69 Å². The fraction of sp³-hybridized carbons (Fsp3) is 0.667. The molecule has 60 valence electrons. The third-order valence-corrected chi connectivity index (χ3v) is 2.64. The van der Waals surface area contributed by atoms with Crippen LogP contribution in [-0.4, -0.2) is 33.0 Å². The molecule has 0 aliphatic rings. The highest BCUT2D eigenvalue weighted by Gasteiger charge is 2.12. The van der Waals surface area contributed by atoms with E-state index in [0.717, 1.165) is 0 Å². The molecule has 0 aliphatic heterocycles. The van der Waals surface area contributed by atoms with Crippen molar-refractivity contribution in [2.45, 2.75) is 0 Å². The van der Waals surface area contributed by atoms with Crippen LogP contribution in [0.3, 0.4) is 0 Å². The lowest BCUT2D eigenvalue weighted by Crippen LogP contribution is -2.14. The maximum Gasteiger partial charge on any atom is 0.228 e. The Balaban J connectivity index is 3.86. The van der Waals surface area contributed by atoms with Crippen molar-refractivity contribution in [2.24, 2.45) is 0 Å². The van der Waals surface area contributed by atoms with Crippen LogP contribution in [-0.2, 0) is 9.84 Å². The molecule has 0 atom stereocenters. The predicted octanol–water partition coefficient (Wildman–Crippen LogP) is 0.240. The molecule has 0 aromatic heterocycles. The van der Waals surface area contributed by atoms with Crippen molar-refractivity contribution in [1.82, 2.24) is 0 Å². The van der Waals surface area contributed by atoms with Crippen molar-refractivity contribution in [2.75, 3.05) is 24.6 Å². The van der Waals surface area contributed by atoms with Gasteiger partial charge in [-0.25, -0.2) is 21.6 Å². The Labute approximate surface area is 66.4 Å². The highest BCUT2D eigenvalue weighted by molar-refractivity contribution is 7.91. The van der Waals surface area contributed by atoms with Gasteiger partial charge in [0.1, 0.15) is 11.5 Å². The summed E-state index contributed by atoms with van der Waals surface area (Å²) >= 11 is 0. The summed E-state index contributed by atoms with van der Waals surface area (Å²) in [5.41, 5.74) is 0. The molecule has 0 heterocycles. The first-order chi connectivity index (χ1) is 5.12. The Morgan fingerprint density at radius 3 is 1.64 bits per heavy atom. The molecule has 0 bridgehead atoms. The van der Waals surface area contributed by atoms with Gasteiger partial charge in [-0.3, -0.25) is 0 Å². The topological polar surface area (TPSA) is 42.9 Å². The standard InChI is InChI=1S/C6H8N2O2S/c1-7-3-5-11(9,10)6-4-8-2/h3-6H2. The van der Waals surface area contributed by atoms with Crippen molar-refractivity contribution >= 4 is 9.84 Å². The van der Waals surface area contributed by atoms with Crippen molar-refractivity contribution in [1.29, 1.82) is 0 Å². The summed E-state index contributed by atoms with van der Waals surface area (Å²) in [6.07, 6.45) is 0. The van der Waals surface area contributed by atoms with E-state index in [-0.39, 0.29) is 24.6 Å². The van der Waals surface area contributed by atoms with Gasteiger partial charge in [0, 0.05) is 0 Å². The quantitative estimate of drug-likeness (QED) is 0.570. The molecule has 0 amide bonds. The summed E-state index contributed by atoms with van der Waals surface area (Å²) in [7, 11) is -3.13. The van der Waals surface area contributed by atoms with Gasteiger partial charge in [-0.1, -0.05) is 0 Å². The SMILES string of the molecule is [C-]#[N+]CCS(=O)(=O)CC[N+]#[C-]. The molecule has 0 aliphatic carbocycles. The minimum Gasteiger partial charge on any atom is -0.316 e. The maximum absolute atomic E-state index is 10.9. The van der Waals surface area contributed by atoms with E-state index < -0.39 is 9.84 Å². The highest BCUT2D eigenvalue weighted by Crippen LogP contribution is 1.90. The lowest BCUT2D eigenvalue weighted by atomic mass is 10.8. The normalized spacial score (nSPS) is 10.0. The van der Waals surface area contributed by atoms with Gasteiger partial charge in [0.15, 0.2) is 9.84 Å². The van der Waals surface area contributed by atoms with E-state index in [4.69, 9.17) is 13.1 Å². The van der Waals surface area contributed by atoms with Crippen LogP contribution in [0.1, 0.15) is 0 Å². The Morgan fingerprint density at radius 2 is 1.36 bits per heavy atom. The molecule has 0 saturated carbocycles. The molecule has 0 spiro atoms. The largest absolute Gasteiger partial charge is 0.316 e. The molecule has 5 heteroatoms. The predicted molar refractivity (Wildman–Crippen MR) is 41.6 cm³/mol. The molecule has 0 fully saturated rings. The molecular weight excluding hydrogens is 164 g/mol. The molecule has 0 aromatic carbocycles. The van der Waals surface area contributed by atoms with E-state index >= 15 is 0 Å². The molecule has 0 saturated heterocycles. The Kier molecular flexibility index (Phi) is 4.24. The summed E-state index contributed by atoms with van der Waals surface area (Å²) in [5.74, 6) is -0.238. The van der Waals surface area contributed by atoms with Gasteiger partial charge in [0.25, 0.3) is 0 Å². The second-order valence-electron chi connectivity index (χ2n) is 1.92. The van der Waals surface area contributed by atoms with Crippen LogP contribution >= 0.6 is 0 Å². The zero-order valence-corrected chi connectivity index (χ0v) is 6.76. The summed E-state index contributed by atoms with van der Waals surface area (Å²) in [6.45, 7) is 12.7. The number of nitrogens with zero attached hydrogens (tertiary/aromatic N) is 2. The van der Waals surface area contributed by atoms with Gasteiger partial charge in [-0.2, -0.15) is 0 Å². The first kappa shape index (κ1) is 9.93. The first-order valence-corrected chi connectivity index (χ1v) is 4.81. The van der Waals surface area contributed by atoms with Gasteiger partial charge < -0.3 is 9.69 Å². The average molecular weight is 172 g/mol. The molecule has 11 heavy (non-hydrogen) atoms. The van der Waals surface area contributed by atoms with Gasteiger partial charge in [0.05, 0.1) is 0 Å². The fourth-order valence-electron chi connectivity index (χ4n) is 0.472. The average Bonchev–Trinajstić information content (AvgIpc) is 1.97. The summed E-state index contributed by atoms with van der Waals surface area (Å²) in [4.78, 5) is 5.84. The highest BCUT2D eigenvalue weighted by atomic mass is 32.2. The Morgan fingerprint density at radius 1 is 1.00 bits per heavy atom. The molecule has 0 N–H and O–H groups in total. The van der Waals surface area contributed by atoms with Gasteiger partial charge in [-0.15, -0.1) is 0 Å². The first-order valence-electron chi connectivity index (χ1n) is 2.99. The van der Waals surface area contributed by atoms with Crippen LogP contribution in [0.5, 0.6) is 0 Å². The van der Waals surface area contributed by atoms with E-state index in [0.29, 0.717) is 0 Å². The minimum absolute atomic E-state index is 0.000331. The molecular formula is C6H8N2O2S. The van der Waals surface area contributed by atoms with Crippen LogP contribution in [0.4, 0.5) is 0 Å². The summed E-state index contributed by atoms with van der Waals surface area (Å²) in [6, 6.07) is 0. The lowest BCUT2D eigenvalue weighted by molar-refractivity contribution is 0.597. The number of hydrogen-bond donors (Lipinski definition) is 0. The van der Waals surface area contributed by atoms with Crippen molar-refractivity contribution in [3.63, 3.8) is 0 Å². The van der Waals surface area contributed by atoms with Gasteiger partial charge in [0.2, 0.25) is 13.1 Å². The lowest BCUT2D eigenvalue weighted by Gasteiger charge is -1.92. The summed E-state index contributed by atoms with van der Waals surface area (Å²) < 4.78 is 21.7. The van der Waals surface area contributed by atoms with Crippen LogP contribution < -0.4 is 0 Å². The fourth-order valence-corrected chi connectivity index (χ4v) is 1.41. The van der Waals surface area contributed by atoms with Gasteiger partial charge in [-0.05, 0) is 0 Å². The molecule has 4 nitrogen and oxygen atoms in total. The second kappa shape index (κ2) is 4.70. The Bertz CT molecular complexity index is 257. The number of sulfone groups is 1. The molecule has 0 aromatic rings. The number of rotatable bonds is 4. The van der Waals surface area contributed by atoms with Crippen molar-refractivity contribution in [3.8, 4) is 0 Å². The van der Waals surface area contributed by atoms with Crippen molar-refractivity contribution < 1.29 is 8.42 Å². The smallest absolute Gasteiger partial charge is 0.228 e. The van der Waals surface area contributed by atoms with Crippen molar-refractivity contribution in [3.05, 3.63) is 22.8 Å². The third kappa shape index (κ3) is 5.38. The molecule has 0 radical (unpaired) electrons. The third-order valence-electron chi connectivity index (χ3n) is 1.03. The maximum atomic E-state index is 10.9. The molecule has 0 unspecified atom stereocenters. The van der Waals surface area contributed by atoms with Crippen LogP contribution in [0.25, 0.3) is 9.69 Å².